The van der Waals surface area contributed by atoms with Crippen LogP contribution in [0.3, 0.4) is 0 Å². The van der Waals surface area contributed by atoms with Gasteiger partial charge in [0.05, 0.1) is 26.5 Å². The third kappa shape index (κ3) is 4.44. The lowest BCUT2D eigenvalue weighted by Crippen LogP contribution is -2.33. The van der Waals surface area contributed by atoms with Crippen LogP contribution in [0, 0.1) is 6.92 Å². The smallest absolute Gasteiger partial charge is 0.359 e. The highest BCUT2D eigenvalue weighted by Gasteiger charge is 2.54. The lowest BCUT2D eigenvalue weighted by Gasteiger charge is -2.33. The Kier molecular flexibility index (Phi) is 7.67. The zero-order valence-electron chi connectivity index (χ0n) is 26.0. The van der Waals surface area contributed by atoms with Crippen LogP contribution in [-0.2, 0) is 10.3 Å². The van der Waals surface area contributed by atoms with Crippen molar-refractivity contribution >= 4 is 17.2 Å². The maximum absolute atomic E-state index is 13.8. The molecule has 4 heterocycles. The van der Waals surface area contributed by atoms with Gasteiger partial charge in [-0.05, 0) is 82.3 Å². The van der Waals surface area contributed by atoms with E-state index < -0.39 is 11.6 Å². The first kappa shape index (κ1) is 29.1. The topological polar surface area (TPSA) is 74.5 Å². The van der Waals surface area contributed by atoms with Gasteiger partial charge in [0.25, 0.3) is 0 Å². The Morgan fingerprint density at radius 2 is 1.68 bits per heavy atom. The molecular weight excluding hydrogens is 554 g/mol. The van der Waals surface area contributed by atoms with Gasteiger partial charge in [-0.2, -0.15) is 0 Å². The number of nitrogens with zero attached hydrogens (tertiary/aromatic N) is 3. The number of rotatable bonds is 10. The quantitative estimate of drug-likeness (QED) is 0.161. The molecule has 8 heteroatoms. The number of hydrogen-bond donors (Lipinski definition) is 0. The SMILES string of the molecule is CCOc1cc(N(CC)CC)ccc1C1(c2c(-c3cc(OC)ccc3OC)cc3cccc(C)n23)OC(=O)c2ncccc21. The lowest BCUT2D eigenvalue weighted by molar-refractivity contribution is 0.0228. The number of esters is 1. The van der Waals surface area contributed by atoms with E-state index in [-0.39, 0.29) is 5.69 Å². The van der Waals surface area contributed by atoms with Crippen LogP contribution in [0.15, 0.2) is 79.0 Å². The van der Waals surface area contributed by atoms with Gasteiger partial charge in [0, 0.05) is 64.5 Å². The highest BCUT2D eigenvalue weighted by atomic mass is 16.6. The molecule has 6 rings (SSSR count). The van der Waals surface area contributed by atoms with Crippen LogP contribution in [0.2, 0.25) is 0 Å². The van der Waals surface area contributed by atoms with E-state index in [1.807, 2.05) is 74.5 Å². The number of hydrogen-bond acceptors (Lipinski definition) is 7. The minimum Gasteiger partial charge on any atom is -0.497 e. The molecule has 0 spiro atoms. The van der Waals surface area contributed by atoms with E-state index in [0.29, 0.717) is 35.0 Å². The molecule has 0 N–H and O–H groups in total. The number of carbonyl (C=O) groups is 1. The van der Waals surface area contributed by atoms with Crippen LogP contribution in [0.1, 0.15) is 53.8 Å². The number of pyridine rings is 2. The van der Waals surface area contributed by atoms with Crippen LogP contribution in [0.5, 0.6) is 17.2 Å². The molecule has 0 saturated carbocycles. The average Bonchev–Trinajstić information content (AvgIpc) is 3.59. The van der Waals surface area contributed by atoms with Gasteiger partial charge >= 0.3 is 5.97 Å². The van der Waals surface area contributed by atoms with Crippen LogP contribution in [-0.4, -0.2) is 49.3 Å². The second-order valence-electron chi connectivity index (χ2n) is 10.7. The fourth-order valence-corrected chi connectivity index (χ4v) is 6.43. The molecule has 3 aromatic heterocycles. The second-order valence-corrected chi connectivity index (χ2v) is 10.7. The number of carbonyl (C=O) groups excluding carboxylic acids is 1. The Morgan fingerprint density at radius 3 is 2.41 bits per heavy atom. The number of aromatic nitrogens is 2. The monoisotopic (exact) mass is 591 g/mol. The van der Waals surface area contributed by atoms with E-state index in [2.05, 4.69) is 40.3 Å². The van der Waals surface area contributed by atoms with Crippen LogP contribution < -0.4 is 19.1 Å². The van der Waals surface area contributed by atoms with Crippen LogP contribution in [0.4, 0.5) is 5.69 Å². The molecule has 1 unspecified atom stereocenters. The minimum atomic E-state index is -1.41. The third-order valence-corrected chi connectivity index (χ3v) is 8.42. The van der Waals surface area contributed by atoms with Crippen molar-refractivity contribution in [3.63, 3.8) is 0 Å². The first-order valence-corrected chi connectivity index (χ1v) is 15.0. The summed E-state index contributed by atoms with van der Waals surface area (Å²) in [4.78, 5) is 20.6. The Hall–Kier alpha value is -4.98. The summed E-state index contributed by atoms with van der Waals surface area (Å²) in [6.07, 6.45) is 1.62. The largest absolute Gasteiger partial charge is 0.497 e. The van der Waals surface area contributed by atoms with E-state index in [1.165, 1.54) is 0 Å². The maximum Gasteiger partial charge on any atom is 0.359 e. The molecular formula is C36H37N3O5. The van der Waals surface area contributed by atoms with Crippen LogP contribution >= 0.6 is 0 Å². The molecule has 8 nitrogen and oxygen atoms in total. The molecule has 1 aliphatic heterocycles. The van der Waals surface area contributed by atoms with E-state index in [0.717, 1.165) is 46.8 Å². The lowest BCUT2D eigenvalue weighted by atomic mass is 9.80. The van der Waals surface area contributed by atoms with Gasteiger partial charge < -0.3 is 28.2 Å². The molecule has 44 heavy (non-hydrogen) atoms. The summed E-state index contributed by atoms with van der Waals surface area (Å²) in [5.74, 6) is 1.47. The standard InChI is InChI=1S/C36H37N3O5/c1-7-38(8-2)24-15-17-29(32(21-24)43-9-3)36(30-14-11-19-37-33(30)35(40)44-36)34-28(20-25-13-10-12-23(4)39(25)34)27-22-26(41-5)16-18-31(27)42-6/h10-22H,7-9H2,1-6H3. The summed E-state index contributed by atoms with van der Waals surface area (Å²) in [6, 6.07) is 23.8. The number of fused-ring (bicyclic) bond motifs is 2. The zero-order valence-corrected chi connectivity index (χ0v) is 26.0. The van der Waals surface area contributed by atoms with Crippen molar-refractivity contribution in [1.82, 2.24) is 9.38 Å². The maximum atomic E-state index is 13.8. The molecule has 226 valence electrons. The van der Waals surface area contributed by atoms with Gasteiger partial charge in [0.2, 0.25) is 5.60 Å². The summed E-state index contributed by atoms with van der Waals surface area (Å²) < 4.78 is 26.7. The zero-order chi connectivity index (χ0) is 31.0. The molecule has 0 aliphatic carbocycles. The van der Waals surface area contributed by atoms with Crippen molar-refractivity contribution in [3.05, 3.63) is 107 Å². The molecule has 0 fully saturated rings. The van der Waals surface area contributed by atoms with E-state index >= 15 is 0 Å². The Morgan fingerprint density at radius 1 is 0.864 bits per heavy atom. The number of cyclic esters (lactones) is 1. The second kappa shape index (κ2) is 11.6. The Balaban J connectivity index is 1.79. The Bertz CT molecular complexity index is 1860. The van der Waals surface area contributed by atoms with Crippen molar-refractivity contribution in [1.29, 1.82) is 0 Å². The number of methoxy groups -OCH3 is 2. The third-order valence-electron chi connectivity index (χ3n) is 8.42. The molecule has 0 bridgehead atoms. The van der Waals surface area contributed by atoms with Gasteiger partial charge in [0.15, 0.2) is 5.69 Å². The van der Waals surface area contributed by atoms with E-state index in [9.17, 15) is 4.79 Å². The number of aryl methyl sites for hydroxylation is 1. The first-order valence-electron chi connectivity index (χ1n) is 15.0. The van der Waals surface area contributed by atoms with E-state index in [4.69, 9.17) is 18.9 Å². The average molecular weight is 592 g/mol. The van der Waals surface area contributed by atoms with Gasteiger partial charge in [0.1, 0.15) is 17.2 Å². The normalized spacial score (nSPS) is 15.6. The molecule has 2 aromatic carbocycles. The number of anilines is 1. The summed E-state index contributed by atoms with van der Waals surface area (Å²) in [5.41, 5.74) is 5.53. The predicted molar refractivity (Wildman–Crippen MR) is 171 cm³/mol. The van der Waals surface area contributed by atoms with Crippen molar-refractivity contribution in [2.45, 2.75) is 33.3 Å². The van der Waals surface area contributed by atoms with Crippen molar-refractivity contribution in [2.75, 3.05) is 38.8 Å². The summed E-state index contributed by atoms with van der Waals surface area (Å²) in [5, 5.41) is 0. The Labute approximate surface area is 257 Å². The summed E-state index contributed by atoms with van der Waals surface area (Å²) in [7, 11) is 3.29. The van der Waals surface area contributed by atoms with Gasteiger partial charge in [-0.15, -0.1) is 0 Å². The minimum absolute atomic E-state index is 0.273. The fraction of sp³-hybridized carbons (Fsp3) is 0.278. The molecule has 5 aromatic rings. The summed E-state index contributed by atoms with van der Waals surface area (Å²) >= 11 is 0. The van der Waals surface area contributed by atoms with Crippen molar-refractivity contribution < 1.29 is 23.7 Å². The number of benzene rings is 2. The highest BCUT2D eigenvalue weighted by molar-refractivity contribution is 5.96. The van der Waals surface area contributed by atoms with Gasteiger partial charge in [-0.3, -0.25) is 0 Å². The molecule has 0 amide bonds. The molecule has 0 saturated heterocycles. The van der Waals surface area contributed by atoms with Crippen molar-refractivity contribution in [2.24, 2.45) is 0 Å². The predicted octanol–water partition coefficient (Wildman–Crippen LogP) is 7.03. The molecule has 1 atom stereocenters. The fourth-order valence-electron chi connectivity index (χ4n) is 6.43. The van der Waals surface area contributed by atoms with Gasteiger partial charge in [-0.25, -0.2) is 9.78 Å². The summed E-state index contributed by atoms with van der Waals surface area (Å²) in [6.45, 7) is 10.4. The number of ether oxygens (including phenoxy) is 4. The van der Waals surface area contributed by atoms with Crippen LogP contribution in [0.25, 0.3) is 16.6 Å². The molecule has 0 radical (unpaired) electrons. The van der Waals surface area contributed by atoms with E-state index in [1.54, 1.807) is 20.4 Å². The highest BCUT2D eigenvalue weighted by Crippen LogP contribution is 2.54. The van der Waals surface area contributed by atoms with Gasteiger partial charge in [-0.1, -0.05) is 12.1 Å². The van der Waals surface area contributed by atoms with Crippen molar-refractivity contribution in [3.8, 4) is 28.4 Å². The molecule has 1 aliphatic rings. The first-order chi connectivity index (χ1) is 21.4.